The van der Waals surface area contributed by atoms with E-state index < -0.39 is 0 Å². The molecule has 0 N–H and O–H groups in total. The first-order chi connectivity index (χ1) is 9.77. The molecule has 0 aromatic rings. The zero-order valence-corrected chi connectivity index (χ0v) is 14.0. The molecule has 20 heavy (non-hydrogen) atoms. The number of hydrogen-bond donors (Lipinski definition) is 0. The highest BCUT2D eigenvalue weighted by Gasteiger charge is 2.55. The van der Waals surface area contributed by atoms with Crippen molar-refractivity contribution >= 4 is 0 Å². The van der Waals surface area contributed by atoms with Crippen LogP contribution in [0.15, 0.2) is 0 Å². The Morgan fingerprint density at radius 2 is 1.45 bits per heavy atom. The van der Waals surface area contributed by atoms with Crippen LogP contribution in [0.5, 0.6) is 0 Å². The molecule has 3 unspecified atom stereocenters. The zero-order chi connectivity index (χ0) is 14.0. The van der Waals surface area contributed by atoms with Gasteiger partial charge < -0.3 is 0 Å². The van der Waals surface area contributed by atoms with Crippen molar-refractivity contribution in [2.24, 2.45) is 29.1 Å². The minimum atomic E-state index is 0.817. The van der Waals surface area contributed by atoms with Gasteiger partial charge in [-0.3, -0.25) is 0 Å². The van der Waals surface area contributed by atoms with Gasteiger partial charge in [0.05, 0.1) is 0 Å². The Morgan fingerprint density at radius 3 is 2.10 bits per heavy atom. The van der Waals surface area contributed by atoms with Crippen molar-refractivity contribution < 1.29 is 0 Å². The van der Waals surface area contributed by atoms with E-state index in [-0.39, 0.29) is 0 Å². The highest BCUT2D eigenvalue weighted by molar-refractivity contribution is 5.05. The van der Waals surface area contributed by atoms with Crippen molar-refractivity contribution in [2.45, 2.75) is 97.3 Å². The first-order valence-corrected chi connectivity index (χ1v) is 9.77. The van der Waals surface area contributed by atoms with Gasteiger partial charge in [-0.2, -0.15) is 0 Å². The van der Waals surface area contributed by atoms with Crippen molar-refractivity contribution in [2.75, 3.05) is 0 Å². The lowest BCUT2D eigenvalue weighted by Crippen LogP contribution is -2.52. The quantitative estimate of drug-likeness (QED) is 0.439. The third-order valence-electron chi connectivity index (χ3n) is 7.08. The predicted octanol–water partition coefficient (Wildman–Crippen LogP) is 6.59. The molecule has 4 saturated carbocycles. The molecule has 3 atom stereocenters. The van der Waals surface area contributed by atoms with Crippen molar-refractivity contribution in [1.29, 1.82) is 0 Å². The van der Waals surface area contributed by atoms with Crippen LogP contribution in [0.3, 0.4) is 0 Å². The van der Waals surface area contributed by atoms with E-state index in [9.17, 15) is 0 Å². The molecule has 116 valence electrons. The predicted molar refractivity (Wildman–Crippen MR) is 87.8 cm³/mol. The minimum absolute atomic E-state index is 0.817. The third-order valence-corrected chi connectivity index (χ3v) is 7.08. The molecule has 0 saturated heterocycles. The summed E-state index contributed by atoms with van der Waals surface area (Å²) in [6.07, 6.45) is 20.0. The van der Waals surface area contributed by atoms with E-state index in [2.05, 4.69) is 13.8 Å². The zero-order valence-electron chi connectivity index (χ0n) is 14.0. The standard InChI is InChI=1S/C20H36/c1-3-5-7-9-19-18-12-16-11-17(13-18)15-20(19,14-16)10-8-6-4-2/h16-19H,3-15H2,1-2H3. The van der Waals surface area contributed by atoms with Gasteiger partial charge in [-0.25, -0.2) is 0 Å². The van der Waals surface area contributed by atoms with Crippen molar-refractivity contribution in [3.05, 3.63) is 0 Å². The molecule has 4 rings (SSSR count). The molecule has 0 aromatic carbocycles. The summed E-state index contributed by atoms with van der Waals surface area (Å²) in [6, 6.07) is 0. The Balaban J connectivity index is 1.68. The van der Waals surface area contributed by atoms with E-state index in [0.717, 1.165) is 29.1 Å². The van der Waals surface area contributed by atoms with Crippen LogP contribution in [0, 0.1) is 29.1 Å². The molecule has 0 amide bonds. The van der Waals surface area contributed by atoms with Crippen molar-refractivity contribution in [3.63, 3.8) is 0 Å². The summed E-state index contributed by atoms with van der Waals surface area (Å²) in [4.78, 5) is 0. The van der Waals surface area contributed by atoms with E-state index in [1.165, 1.54) is 38.5 Å². The molecule has 4 aliphatic rings. The normalized spacial score (nSPS) is 42.3. The SMILES string of the molecule is CCCCCC1C2CC3CC(C2)CC1(CCCCC)C3. The lowest BCUT2D eigenvalue weighted by molar-refractivity contribution is -0.118. The molecule has 4 aliphatic carbocycles. The Hall–Kier alpha value is 0. The second kappa shape index (κ2) is 6.41. The summed E-state index contributed by atoms with van der Waals surface area (Å²) in [5, 5.41) is 0. The second-order valence-corrected chi connectivity index (χ2v) is 8.53. The van der Waals surface area contributed by atoms with Gasteiger partial charge >= 0.3 is 0 Å². The summed E-state index contributed by atoms with van der Waals surface area (Å²) >= 11 is 0. The van der Waals surface area contributed by atoms with Crippen molar-refractivity contribution in [3.8, 4) is 0 Å². The average Bonchev–Trinajstić information content (AvgIpc) is 2.41. The summed E-state index contributed by atoms with van der Waals surface area (Å²) in [7, 11) is 0. The fraction of sp³-hybridized carbons (Fsp3) is 1.00. The van der Waals surface area contributed by atoms with Gasteiger partial charge in [0.2, 0.25) is 0 Å². The number of hydrogen-bond acceptors (Lipinski definition) is 0. The van der Waals surface area contributed by atoms with Gasteiger partial charge in [0, 0.05) is 0 Å². The Labute approximate surface area is 127 Å². The summed E-state index contributed by atoms with van der Waals surface area (Å²) < 4.78 is 0. The molecule has 0 heterocycles. The summed E-state index contributed by atoms with van der Waals surface area (Å²) in [5.74, 6) is 4.53. The maximum Gasteiger partial charge on any atom is -0.0261 e. The molecule has 0 spiro atoms. The highest BCUT2D eigenvalue weighted by Crippen LogP contribution is 2.65. The van der Waals surface area contributed by atoms with Crippen LogP contribution in [-0.4, -0.2) is 0 Å². The smallest absolute Gasteiger partial charge is 0.0261 e. The molecule has 0 aliphatic heterocycles. The van der Waals surface area contributed by atoms with Crippen LogP contribution in [0.2, 0.25) is 0 Å². The van der Waals surface area contributed by atoms with E-state index >= 15 is 0 Å². The molecule has 0 heteroatoms. The fourth-order valence-corrected chi connectivity index (χ4v) is 6.59. The van der Waals surface area contributed by atoms with E-state index in [0.29, 0.717) is 0 Å². The number of unbranched alkanes of at least 4 members (excludes halogenated alkanes) is 4. The monoisotopic (exact) mass is 276 g/mol. The maximum atomic E-state index is 2.36. The Bertz CT molecular complexity index is 291. The van der Waals surface area contributed by atoms with Crippen LogP contribution in [0.4, 0.5) is 0 Å². The molecule has 0 aromatic heterocycles. The van der Waals surface area contributed by atoms with Gasteiger partial charge in [0.25, 0.3) is 0 Å². The average molecular weight is 277 g/mol. The summed E-state index contributed by atoms with van der Waals surface area (Å²) in [5.41, 5.74) is 0.817. The van der Waals surface area contributed by atoms with Crippen LogP contribution in [0.25, 0.3) is 0 Å². The van der Waals surface area contributed by atoms with E-state index in [1.54, 1.807) is 44.9 Å². The minimum Gasteiger partial charge on any atom is -0.0654 e. The lowest BCUT2D eigenvalue weighted by Gasteiger charge is -2.62. The van der Waals surface area contributed by atoms with Gasteiger partial charge in [-0.05, 0) is 74.0 Å². The van der Waals surface area contributed by atoms with Crippen LogP contribution >= 0.6 is 0 Å². The molecule has 4 fully saturated rings. The van der Waals surface area contributed by atoms with E-state index in [4.69, 9.17) is 0 Å². The fourth-order valence-electron chi connectivity index (χ4n) is 6.59. The number of rotatable bonds is 8. The Morgan fingerprint density at radius 1 is 0.800 bits per heavy atom. The highest BCUT2D eigenvalue weighted by atomic mass is 14.6. The van der Waals surface area contributed by atoms with Gasteiger partial charge in [-0.1, -0.05) is 52.4 Å². The van der Waals surface area contributed by atoms with Gasteiger partial charge in [0.15, 0.2) is 0 Å². The topological polar surface area (TPSA) is 0 Å². The molecular weight excluding hydrogens is 240 g/mol. The lowest BCUT2D eigenvalue weighted by atomic mass is 9.43. The maximum absolute atomic E-state index is 2.36. The molecule has 4 bridgehead atoms. The largest absolute Gasteiger partial charge is 0.0654 e. The molecule has 0 radical (unpaired) electrons. The van der Waals surface area contributed by atoms with Gasteiger partial charge in [-0.15, -0.1) is 0 Å². The van der Waals surface area contributed by atoms with Crippen LogP contribution < -0.4 is 0 Å². The summed E-state index contributed by atoms with van der Waals surface area (Å²) in [6.45, 7) is 4.71. The van der Waals surface area contributed by atoms with Crippen molar-refractivity contribution in [1.82, 2.24) is 0 Å². The first-order valence-electron chi connectivity index (χ1n) is 9.77. The van der Waals surface area contributed by atoms with E-state index in [1.807, 2.05) is 0 Å². The molecular formula is C20H36. The first kappa shape index (κ1) is 14.9. The second-order valence-electron chi connectivity index (χ2n) is 8.53. The molecule has 0 nitrogen and oxygen atoms in total. The third kappa shape index (κ3) is 2.81. The van der Waals surface area contributed by atoms with Crippen LogP contribution in [0.1, 0.15) is 97.3 Å². The van der Waals surface area contributed by atoms with Crippen LogP contribution in [-0.2, 0) is 0 Å². The van der Waals surface area contributed by atoms with Gasteiger partial charge in [0.1, 0.15) is 0 Å². The Kier molecular flexibility index (Phi) is 4.78.